The smallest absolute Gasteiger partial charge is 0.242 e. The van der Waals surface area contributed by atoms with Crippen LogP contribution in [0.1, 0.15) is 30.1 Å². The minimum absolute atomic E-state index is 0. The van der Waals surface area contributed by atoms with Crippen LogP contribution >= 0.6 is 12.4 Å². The molecular weight excluding hydrogens is 378 g/mol. The van der Waals surface area contributed by atoms with E-state index in [1.807, 2.05) is 4.90 Å². The fourth-order valence-corrected chi connectivity index (χ4v) is 3.90. The molecule has 1 N–H and O–H groups in total. The lowest BCUT2D eigenvalue weighted by atomic mass is 10.2. The Hall–Kier alpha value is -1.48. The Balaban J connectivity index is 0.00000338. The van der Waals surface area contributed by atoms with Crippen LogP contribution in [0.3, 0.4) is 0 Å². The van der Waals surface area contributed by atoms with Crippen molar-refractivity contribution < 1.29 is 18.0 Å². The highest BCUT2D eigenvalue weighted by molar-refractivity contribution is 7.89. The van der Waals surface area contributed by atoms with Crippen LogP contribution < -0.4 is 5.32 Å². The van der Waals surface area contributed by atoms with E-state index in [1.54, 1.807) is 0 Å². The fourth-order valence-electron chi connectivity index (χ4n) is 2.69. The van der Waals surface area contributed by atoms with Gasteiger partial charge in [-0.25, -0.2) is 12.7 Å². The molecule has 7 nitrogen and oxygen atoms in total. The van der Waals surface area contributed by atoms with Crippen molar-refractivity contribution in [3.05, 3.63) is 29.8 Å². The maximum Gasteiger partial charge on any atom is 0.242 e. The second-order valence-electron chi connectivity index (χ2n) is 6.14. The molecule has 1 saturated heterocycles. The van der Waals surface area contributed by atoms with Crippen LogP contribution in [0.5, 0.6) is 0 Å². The highest BCUT2D eigenvalue weighted by Gasteiger charge is 2.22. The van der Waals surface area contributed by atoms with Gasteiger partial charge in [-0.1, -0.05) is 12.1 Å². The number of carbonyl (C=O) groups is 2. The van der Waals surface area contributed by atoms with E-state index >= 15 is 0 Å². The summed E-state index contributed by atoms with van der Waals surface area (Å²) in [6.45, 7) is 4.72. The van der Waals surface area contributed by atoms with Gasteiger partial charge >= 0.3 is 0 Å². The molecule has 1 aliphatic rings. The fraction of sp³-hybridized carbons (Fsp3) is 0.529. The zero-order valence-corrected chi connectivity index (χ0v) is 16.7. The molecule has 2 rings (SSSR count). The molecule has 26 heavy (non-hydrogen) atoms. The first-order chi connectivity index (χ1) is 11.8. The SMILES string of the molecule is CC(=O)c1ccc(S(=O)(=O)N(C)CCCC(=O)N2CCNCC2)cc1.Cl. The maximum atomic E-state index is 12.5. The maximum absolute atomic E-state index is 12.5. The molecule has 1 fully saturated rings. The number of nitrogens with zero attached hydrogens (tertiary/aromatic N) is 2. The summed E-state index contributed by atoms with van der Waals surface area (Å²) in [7, 11) is -2.11. The van der Waals surface area contributed by atoms with Gasteiger partial charge in [0.2, 0.25) is 15.9 Å². The molecule has 0 spiro atoms. The predicted octanol–water partition coefficient (Wildman–Crippen LogP) is 1.14. The molecule has 0 unspecified atom stereocenters. The van der Waals surface area contributed by atoms with Crippen molar-refractivity contribution in [1.29, 1.82) is 0 Å². The number of ketones is 1. The minimum Gasteiger partial charge on any atom is -0.340 e. The van der Waals surface area contributed by atoms with E-state index < -0.39 is 10.0 Å². The summed E-state index contributed by atoms with van der Waals surface area (Å²) in [5.41, 5.74) is 0.475. The number of carbonyl (C=O) groups excluding carboxylic acids is 2. The number of hydrogen-bond acceptors (Lipinski definition) is 5. The number of amides is 1. The first-order valence-corrected chi connectivity index (χ1v) is 9.82. The first kappa shape index (κ1) is 22.6. The number of rotatable bonds is 7. The third-order valence-corrected chi connectivity index (χ3v) is 6.17. The van der Waals surface area contributed by atoms with Gasteiger partial charge < -0.3 is 10.2 Å². The van der Waals surface area contributed by atoms with E-state index in [0.29, 0.717) is 31.5 Å². The molecule has 0 saturated carbocycles. The Morgan fingerprint density at radius 2 is 1.73 bits per heavy atom. The zero-order valence-electron chi connectivity index (χ0n) is 15.1. The Bertz CT molecular complexity index is 716. The topological polar surface area (TPSA) is 86.8 Å². The third kappa shape index (κ3) is 5.77. The molecule has 1 heterocycles. The summed E-state index contributed by atoms with van der Waals surface area (Å²) in [6, 6.07) is 5.90. The van der Waals surface area contributed by atoms with E-state index in [1.165, 1.54) is 42.5 Å². The Morgan fingerprint density at radius 1 is 1.15 bits per heavy atom. The van der Waals surface area contributed by atoms with Crippen molar-refractivity contribution in [3.63, 3.8) is 0 Å². The summed E-state index contributed by atoms with van der Waals surface area (Å²) in [5.74, 6) is -0.0400. The molecular formula is C17H26ClN3O4S. The number of sulfonamides is 1. The number of piperazine rings is 1. The zero-order chi connectivity index (χ0) is 18.4. The highest BCUT2D eigenvalue weighted by Crippen LogP contribution is 2.16. The normalized spacial score (nSPS) is 14.8. The van der Waals surface area contributed by atoms with Gasteiger partial charge in [-0.2, -0.15) is 0 Å². The monoisotopic (exact) mass is 403 g/mol. The van der Waals surface area contributed by atoms with E-state index in [9.17, 15) is 18.0 Å². The van der Waals surface area contributed by atoms with Gasteiger partial charge in [0, 0.05) is 51.8 Å². The van der Waals surface area contributed by atoms with E-state index in [0.717, 1.165) is 13.1 Å². The number of nitrogens with one attached hydrogen (secondary N) is 1. The van der Waals surface area contributed by atoms with Crippen LogP contribution in [0.4, 0.5) is 0 Å². The van der Waals surface area contributed by atoms with Crippen molar-refractivity contribution in [2.24, 2.45) is 0 Å². The summed E-state index contributed by atoms with van der Waals surface area (Å²) in [5, 5.41) is 3.19. The van der Waals surface area contributed by atoms with Gasteiger partial charge in [0.25, 0.3) is 0 Å². The molecule has 0 radical (unpaired) electrons. The van der Waals surface area contributed by atoms with Gasteiger partial charge in [0.15, 0.2) is 5.78 Å². The standard InChI is InChI=1S/C17H25N3O4S.ClH/c1-14(21)15-5-7-16(8-6-15)25(23,24)19(2)11-3-4-17(22)20-12-9-18-10-13-20;/h5-8,18H,3-4,9-13H2,1-2H3;1H. The molecule has 1 aromatic carbocycles. The molecule has 0 bridgehead atoms. The lowest BCUT2D eigenvalue weighted by Crippen LogP contribution is -2.46. The average molecular weight is 404 g/mol. The summed E-state index contributed by atoms with van der Waals surface area (Å²) >= 11 is 0. The van der Waals surface area contributed by atoms with E-state index in [-0.39, 0.29) is 35.5 Å². The molecule has 0 atom stereocenters. The van der Waals surface area contributed by atoms with E-state index in [2.05, 4.69) is 5.32 Å². The lowest BCUT2D eigenvalue weighted by molar-refractivity contribution is -0.131. The van der Waals surface area contributed by atoms with E-state index in [4.69, 9.17) is 0 Å². The number of halogens is 1. The number of hydrogen-bond donors (Lipinski definition) is 1. The predicted molar refractivity (Wildman–Crippen MR) is 102 cm³/mol. The van der Waals surface area contributed by atoms with Crippen molar-refractivity contribution in [3.8, 4) is 0 Å². The summed E-state index contributed by atoms with van der Waals surface area (Å²) in [6.07, 6.45) is 0.813. The molecule has 1 amide bonds. The van der Waals surface area contributed by atoms with Crippen molar-refractivity contribution >= 4 is 34.1 Å². The van der Waals surface area contributed by atoms with Gasteiger partial charge in [0.05, 0.1) is 4.90 Å². The Morgan fingerprint density at radius 3 is 2.27 bits per heavy atom. The third-order valence-electron chi connectivity index (χ3n) is 4.30. The minimum atomic E-state index is -3.62. The van der Waals surface area contributed by atoms with Crippen LogP contribution in [0.25, 0.3) is 0 Å². The van der Waals surface area contributed by atoms with Crippen LogP contribution in [0, 0.1) is 0 Å². The summed E-state index contributed by atoms with van der Waals surface area (Å²) in [4.78, 5) is 25.3. The van der Waals surface area contributed by atoms with Gasteiger partial charge in [-0.15, -0.1) is 12.4 Å². The van der Waals surface area contributed by atoms with Crippen LogP contribution in [0.15, 0.2) is 29.2 Å². The largest absolute Gasteiger partial charge is 0.340 e. The Labute approximate surface area is 161 Å². The lowest BCUT2D eigenvalue weighted by Gasteiger charge is -2.27. The molecule has 1 aliphatic heterocycles. The highest BCUT2D eigenvalue weighted by atomic mass is 35.5. The molecule has 0 aliphatic carbocycles. The summed E-state index contributed by atoms with van der Waals surface area (Å²) < 4.78 is 26.3. The van der Waals surface area contributed by atoms with Crippen molar-refractivity contribution in [1.82, 2.24) is 14.5 Å². The quantitative estimate of drug-likeness (QED) is 0.690. The molecule has 9 heteroatoms. The van der Waals surface area contributed by atoms with Gasteiger partial charge in [-0.3, -0.25) is 9.59 Å². The molecule has 146 valence electrons. The second kappa shape index (κ2) is 10.0. The molecule has 1 aromatic rings. The van der Waals surface area contributed by atoms with Gasteiger partial charge in [0.1, 0.15) is 0 Å². The molecule has 0 aromatic heterocycles. The van der Waals surface area contributed by atoms with Crippen molar-refractivity contribution in [2.75, 3.05) is 39.8 Å². The van der Waals surface area contributed by atoms with Crippen LogP contribution in [0.2, 0.25) is 0 Å². The van der Waals surface area contributed by atoms with Gasteiger partial charge in [-0.05, 0) is 25.5 Å². The van der Waals surface area contributed by atoms with Crippen molar-refractivity contribution in [2.45, 2.75) is 24.7 Å². The average Bonchev–Trinajstić information content (AvgIpc) is 2.62. The Kier molecular flexibility index (Phi) is 8.69. The van der Waals surface area contributed by atoms with Crippen LogP contribution in [-0.4, -0.2) is 69.1 Å². The van der Waals surface area contributed by atoms with Crippen LogP contribution in [-0.2, 0) is 14.8 Å². The second-order valence-corrected chi connectivity index (χ2v) is 8.19. The first-order valence-electron chi connectivity index (χ1n) is 8.38. The number of benzene rings is 1. The number of Topliss-reactive ketones (excluding diaryl/α,β-unsaturated/α-hetero) is 1.